The van der Waals surface area contributed by atoms with E-state index in [1.807, 2.05) is 24.3 Å². The van der Waals surface area contributed by atoms with Gasteiger partial charge in [0.15, 0.2) is 0 Å². The summed E-state index contributed by atoms with van der Waals surface area (Å²) in [5, 5.41) is 1.73. The largest absolute Gasteiger partial charge is 0.337 e. The van der Waals surface area contributed by atoms with E-state index in [9.17, 15) is 9.59 Å². The molecule has 0 radical (unpaired) electrons. The van der Waals surface area contributed by atoms with E-state index in [1.165, 1.54) is 9.44 Å². The van der Waals surface area contributed by atoms with E-state index in [0.29, 0.717) is 27.7 Å². The molecule has 30 heavy (non-hydrogen) atoms. The van der Waals surface area contributed by atoms with Gasteiger partial charge in [-0.1, -0.05) is 47.5 Å². The highest BCUT2D eigenvalue weighted by Gasteiger charge is 2.24. The van der Waals surface area contributed by atoms with Crippen molar-refractivity contribution in [2.24, 2.45) is 0 Å². The van der Waals surface area contributed by atoms with Gasteiger partial charge in [-0.25, -0.2) is 9.36 Å². The van der Waals surface area contributed by atoms with Crippen LogP contribution < -0.4 is 11.2 Å². The second-order valence-corrected chi connectivity index (χ2v) is 9.40. The summed E-state index contributed by atoms with van der Waals surface area (Å²) < 4.78 is 2.93. The molecule has 0 bridgehead atoms. The number of fused-ring (bicyclic) bond motifs is 3. The molecule has 0 N–H and O–H groups in total. The quantitative estimate of drug-likeness (QED) is 0.411. The normalized spacial score (nSPS) is 13.5. The first-order valence-corrected chi connectivity index (χ1v) is 11.4. The zero-order chi connectivity index (χ0) is 20.8. The standard InChI is InChI=1S/C23H18Cl2N2O2S/c24-15-7-5-8-16(12-15)27-21(28)20-17-9-2-4-11-19(17)30-22(20)26(23(27)29)13-14-6-1-3-10-18(14)25/h1,3,5-8,10,12H,2,4,9,11,13H2. The Morgan fingerprint density at radius 2 is 1.77 bits per heavy atom. The number of hydrogen-bond donors (Lipinski definition) is 0. The smallest absolute Gasteiger partial charge is 0.279 e. The van der Waals surface area contributed by atoms with Gasteiger partial charge in [-0.3, -0.25) is 9.36 Å². The first-order valence-electron chi connectivity index (χ1n) is 9.84. The van der Waals surface area contributed by atoms with Crippen molar-refractivity contribution in [1.29, 1.82) is 0 Å². The SMILES string of the molecule is O=c1c2c3c(sc2n(Cc2ccccc2Cl)c(=O)n1-c1cccc(Cl)c1)CCCC3. The lowest BCUT2D eigenvalue weighted by Crippen LogP contribution is -2.39. The first-order chi connectivity index (χ1) is 14.5. The van der Waals surface area contributed by atoms with E-state index in [0.717, 1.165) is 41.6 Å². The van der Waals surface area contributed by atoms with Crippen LogP contribution in [0.15, 0.2) is 58.1 Å². The number of hydrogen-bond acceptors (Lipinski definition) is 3. The molecule has 1 aliphatic carbocycles. The molecule has 2 heterocycles. The molecular formula is C23H18Cl2N2O2S. The predicted octanol–water partition coefficient (Wildman–Crippen LogP) is 5.45. The topological polar surface area (TPSA) is 44.0 Å². The van der Waals surface area contributed by atoms with Crippen molar-refractivity contribution in [3.8, 4) is 5.69 Å². The Hall–Kier alpha value is -2.34. The van der Waals surface area contributed by atoms with Crippen LogP contribution >= 0.6 is 34.5 Å². The minimum atomic E-state index is -0.381. The van der Waals surface area contributed by atoms with Gasteiger partial charge in [-0.05, 0) is 61.1 Å². The van der Waals surface area contributed by atoms with Gasteiger partial charge in [0.1, 0.15) is 4.83 Å². The molecule has 0 fully saturated rings. The third-order valence-electron chi connectivity index (χ3n) is 5.59. The fourth-order valence-corrected chi connectivity index (χ4v) is 5.90. The number of benzene rings is 2. The Bertz CT molecular complexity index is 1400. The molecule has 2 aromatic heterocycles. The molecule has 2 aromatic carbocycles. The van der Waals surface area contributed by atoms with Crippen molar-refractivity contribution < 1.29 is 0 Å². The highest BCUT2D eigenvalue weighted by atomic mass is 35.5. The molecule has 0 atom stereocenters. The van der Waals surface area contributed by atoms with Crippen LogP contribution in [0.5, 0.6) is 0 Å². The summed E-state index contributed by atoms with van der Waals surface area (Å²) in [6.45, 7) is 0.301. The summed E-state index contributed by atoms with van der Waals surface area (Å²) in [7, 11) is 0. The summed E-state index contributed by atoms with van der Waals surface area (Å²) in [5.74, 6) is 0. The van der Waals surface area contributed by atoms with E-state index in [-0.39, 0.29) is 11.2 Å². The average molecular weight is 457 g/mol. The highest BCUT2D eigenvalue weighted by Crippen LogP contribution is 2.34. The van der Waals surface area contributed by atoms with Crippen molar-refractivity contribution >= 4 is 44.8 Å². The van der Waals surface area contributed by atoms with Crippen LogP contribution in [0.3, 0.4) is 0 Å². The van der Waals surface area contributed by atoms with Crippen LogP contribution in [0.25, 0.3) is 15.9 Å². The number of aromatic nitrogens is 2. The van der Waals surface area contributed by atoms with Crippen LogP contribution in [0, 0.1) is 0 Å². The monoisotopic (exact) mass is 456 g/mol. The lowest BCUT2D eigenvalue weighted by atomic mass is 9.97. The van der Waals surface area contributed by atoms with Gasteiger partial charge in [-0.2, -0.15) is 0 Å². The van der Waals surface area contributed by atoms with Gasteiger partial charge in [-0.15, -0.1) is 11.3 Å². The van der Waals surface area contributed by atoms with Crippen molar-refractivity contribution in [3.63, 3.8) is 0 Å². The van der Waals surface area contributed by atoms with Crippen molar-refractivity contribution in [3.05, 3.63) is 95.4 Å². The van der Waals surface area contributed by atoms with Crippen LogP contribution in [0.2, 0.25) is 10.0 Å². The molecule has 0 saturated heterocycles. The molecule has 4 nitrogen and oxygen atoms in total. The van der Waals surface area contributed by atoms with Crippen molar-refractivity contribution in [2.75, 3.05) is 0 Å². The Morgan fingerprint density at radius 1 is 0.967 bits per heavy atom. The zero-order valence-corrected chi connectivity index (χ0v) is 18.4. The molecule has 4 aromatic rings. The molecule has 0 amide bonds. The molecular weight excluding hydrogens is 439 g/mol. The maximum atomic E-state index is 13.6. The van der Waals surface area contributed by atoms with Gasteiger partial charge in [0.25, 0.3) is 5.56 Å². The van der Waals surface area contributed by atoms with E-state index >= 15 is 0 Å². The summed E-state index contributed by atoms with van der Waals surface area (Å²) in [6, 6.07) is 14.3. The van der Waals surface area contributed by atoms with Crippen LogP contribution in [-0.2, 0) is 19.4 Å². The van der Waals surface area contributed by atoms with Gasteiger partial charge in [0, 0.05) is 14.9 Å². The molecule has 152 valence electrons. The number of aryl methyl sites for hydroxylation is 2. The van der Waals surface area contributed by atoms with Crippen LogP contribution in [0.4, 0.5) is 0 Å². The van der Waals surface area contributed by atoms with E-state index in [4.69, 9.17) is 23.2 Å². The minimum Gasteiger partial charge on any atom is -0.279 e. The second kappa shape index (κ2) is 7.73. The molecule has 1 aliphatic rings. The zero-order valence-electron chi connectivity index (χ0n) is 16.0. The molecule has 0 spiro atoms. The lowest BCUT2D eigenvalue weighted by Gasteiger charge is -2.14. The van der Waals surface area contributed by atoms with Crippen LogP contribution in [-0.4, -0.2) is 9.13 Å². The minimum absolute atomic E-state index is 0.271. The molecule has 0 saturated carbocycles. The molecule has 5 rings (SSSR count). The Balaban J connectivity index is 1.86. The Morgan fingerprint density at radius 3 is 2.57 bits per heavy atom. The summed E-state index contributed by atoms with van der Waals surface area (Å²) >= 11 is 14.1. The average Bonchev–Trinajstić information content (AvgIpc) is 3.12. The fourth-order valence-electron chi connectivity index (χ4n) is 4.15. The van der Waals surface area contributed by atoms with Crippen molar-refractivity contribution in [2.45, 2.75) is 32.2 Å². The predicted molar refractivity (Wildman–Crippen MR) is 124 cm³/mol. The van der Waals surface area contributed by atoms with Gasteiger partial charge < -0.3 is 0 Å². The molecule has 0 unspecified atom stereocenters. The fraction of sp³-hybridized carbons (Fsp3) is 0.217. The Kier molecular flexibility index (Phi) is 5.05. The maximum absolute atomic E-state index is 13.6. The number of rotatable bonds is 3. The van der Waals surface area contributed by atoms with E-state index < -0.39 is 0 Å². The van der Waals surface area contributed by atoms with Crippen molar-refractivity contribution in [1.82, 2.24) is 9.13 Å². The highest BCUT2D eigenvalue weighted by molar-refractivity contribution is 7.18. The van der Waals surface area contributed by atoms with Gasteiger partial charge >= 0.3 is 5.69 Å². The summed E-state index contributed by atoms with van der Waals surface area (Å²) in [5.41, 5.74) is 1.75. The third-order valence-corrected chi connectivity index (χ3v) is 7.51. The summed E-state index contributed by atoms with van der Waals surface area (Å²) in [4.78, 5) is 29.1. The number of thiophene rings is 1. The lowest BCUT2D eigenvalue weighted by molar-refractivity contribution is 0.696. The second-order valence-electron chi connectivity index (χ2n) is 7.47. The molecule has 7 heteroatoms. The third kappa shape index (κ3) is 3.22. The van der Waals surface area contributed by atoms with Gasteiger partial charge in [0.05, 0.1) is 17.6 Å². The number of halogens is 2. The summed E-state index contributed by atoms with van der Waals surface area (Å²) in [6.07, 6.45) is 3.98. The van der Waals surface area contributed by atoms with Crippen LogP contribution in [0.1, 0.15) is 28.8 Å². The maximum Gasteiger partial charge on any atom is 0.337 e. The Labute approximate surface area is 186 Å². The molecule has 0 aliphatic heterocycles. The van der Waals surface area contributed by atoms with E-state index in [2.05, 4.69) is 0 Å². The van der Waals surface area contributed by atoms with Gasteiger partial charge in [0.2, 0.25) is 0 Å². The first kappa shape index (κ1) is 19.6. The number of nitrogens with zero attached hydrogens (tertiary/aromatic N) is 2. The van der Waals surface area contributed by atoms with E-state index in [1.54, 1.807) is 40.2 Å².